The first-order chi connectivity index (χ1) is 24.3. The Morgan fingerprint density at radius 1 is 1.08 bits per heavy atom. The number of benzene rings is 3. The van der Waals surface area contributed by atoms with Crippen LogP contribution in [0.1, 0.15) is 67.6 Å². The van der Waals surface area contributed by atoms with Gasteiger partial charge in [0.05, 0.1) is 18.8 Å². The molecule has 7 rings (SSSR count). The van der Waals surface area contributed by atoms with E-state index in [-0.39, 0.29) is 24.4 Å². The summed E-state index contributed by atoms with van der Waals surface area (Å²) in [7, 11) is 3.94. The van der Waals surface area contributed by atoms with E-state index in [9.17, 15) is 14.7 Å². The summed E-state index contributed by atoms with van der Waals surface area (Å²) in [6, 6.07) is 21.6. The van der Waals surface area contributed by atoms with Crippen LogP contribution in [0.5, 0.6) is 0 Å². The standard InChI is InChI=1S/C42H57N5O4/c1-25-29(14-11-15-34(25)30-18-31(20-33(19-30)46(6)7)40(49)44-17-16-28-12-9-8-10-13-28)24-47-39(38(27(3)48)37(23-43)51-47)41(50)45-36-22-32-21-35(26(36)2)42(32,4)5/h8-15,18-20,26-27,32,35-39,48H,16-17,21-24,43H2,1-7H3,(H,44,49)(H,45,50)/t26-,27-,32-,35+,36-,37-,38+,39-/m0/s1. The number of nitrogens with zero attached hydrogens (tertiary/aromatic N) is 2. The van der Waals surface area contributed by atoms with Crippen LogP contribution in [0.3, 0.4) is 0 Å². The second-order valence-corrected chi connectivity index (χ2v) is 16.0. The van der Waals surface area contributed by atoms with Gasteiger partial charge in [-0.3, -0.25) is 14.4 Å². The van der Waals surface area contributed by atoms with E-state index in [0.717, 1.165) is 40.8 Å². The molecule has 274 valence electrons. The summed E-state index contributed by atoms with van der Waals surface area (Å²) in [5.41, 5.74) is 13.1. The van der Waals surface area contributed by atoms with Gasteiger partial charge in [-0.25, -0.2) is 0 Å². The highest BCUT2D eigenvalue weighted by Crippen LogP contribution is 2.61. The quantitative estimate of drug-likeness (QED) is 0.202. The third-order valence-corrected chi connectivity index (χ3v) is 12.4. The zero-order valence-corrected chi connectivity index (χ0v) is 31.4. The van der Waals surface area contributed by atoms with Crippen LogP contribution in [0, 0.1) is 36.0 Å². The Hall–Kier alpha value is -3.76. The Morgan fingerprint density at radius 3 is 2.47 bits per heavy atom. The third-order valence-electron chi connectivity index (χ3n) is 12.4. The van der Waals surface area contributed by atoms with Gasteiger partial charge in [0.1, 0.15) is 6.04 Å². The van der Waals surface area contributed by atoms with E-state index in [1.807, 2.05) is 55.4 Å². The van der Waals surface area contributed by atoms with Gasteiger partial charge in [-0.2, -0.15) is 5.06 Å². The topological polar surface area (TPSA) is 120 Å². The molecular formula is C42H57N5O4. The van der Waals surface area contributed by atoms with E-state index in [1.54, 1.807) is 12.0 Å². The number of hydroxylamine groups is 2. The van der Waals surface area contributed by atoms with Crippen molar-refractivity contribution in [3.63, 3.8) is 0 Å². The number of aliphatic hydroxyl groups is 1. The molecule has 3 aromatic rings. The van der Waals surface area contributed by atoms with Crippen molar-refractivity contribution in [1.29, 1.82) is 0 Å². The SMILES string of the molecule is Cc1c(CN2O[C@@H](CN)[C@@H]([C@H](C)O)[C@H]2C(=O)N[C@H]2C[C@@H]3C[C@H]([C@@H]2C)C3(C)C)cccc1-c1cc(C(=O)NCCc2ccccc2)cc(N(C)C)c1. The van der Waals surface area contributed by atoms with Gasteiger partial charge in [-0.1, -0.05) is 69.3 Å². The Morgan fingerprint density at radius 2 is 1.82 bits per heavy atom. The minimum atomic E-state index is -0.783. The molecule has 4 fully saturated rings. The Balaban J connectivity index is 1.24. The first-order valence-electron chi connectivity index (χ1n) is 18.7. The molecule has 2 amide bonds. The van der Waals surface area contributed by atoms with Gasteiger partial charge >= 0.3 is 0 Å². The lowest BCUT2D eigenvalue weighted by molar-refractivity contribution is -0.175. The van der Waals surface area contributed by atoms with Gasteiger partial charge in [-0.05, 0) is 102 Å². The summed E-state index contributed by atoms with van der Waals surface area (Å²) in [4.78, 5) is 36.0. The van der Waals surface area contributed by atoms with Gasteiger partial charge in [-0.15, -0.1) is 0 Å². The maximum absolute atomic E-state index is 14.2. The predicted molar refractivity (Wildman–Crippen MR) is 203 cm³/mol. The van der Waals surface area contributed by atoms with Crippen LogP contribution in [0.4, 0.5) is 5.69 Å². The third kappa shape index (κ3) is 7.45. The number of fused-ring (bicyclic) bond motifs is 2. The fourth-order valence-corrected chi connectivity index (χ4v) is 9.09. The highest BCUT2D eigenvalue weighted by Gasteiger charge is 2.57. The van der Waals surface area contributed by atoms with Crippen LogP contribution < -0.4 is 21.3 Å². The minimum absolute atomic E-state index is 0.0986. The molecule has 3 aromatic carbocycles. The first kappa shape index (κ1) is 37.0. The number of rotatable bonds is 12. The van der Waals surface area contributed by atoms with Crippen molar-refractivity contribution < 1.29 is 19.5 Å². The van der Waals surface area contributed by atoms with Gasteiger partial charge in [0.15, 0.2) is 0 Å². The average molecular weight is 696 g/mol. The zero-order valence-electron chi connectivity index (χ0n) is 31.4. The summed E-state index contributed by atoms with van der Waals surface area (Å²) in [5, 5.41) is 19.2. The lowest BCUT2D eigenvalue weighted by Gasteiger charge is -2.62. The molecule has 1 aliphatic heterocycles. The number of carbonyl (C=O) groups excluding carboxylic acids is 2. The average Bonchev–Trinajstić information content (AvgIpc) is 3.48. The number of hydrogen-bond donors (Lipinski definition) is 4. The number of amides is 2. The molecule has 3 saturated carbocycles. The fraction of sp³-hybridized carbons (Fsp3) is 0.524. The number of nitrogens with two attached hydrogens (primary N) is 1. The van der Waals surface area contributed by atoms with Gasteiger partial charge < -0.3 is 26.4 Å². The number of anilines is 1. The molecule has 9 heteroatoms. The Labute approximate surface area is 303 Å². The van der Waals surface area contributed by atoms with Crippen molar-refractivity contribution in [2.75, 3.05) is 32.1 Å². The summed E-state index contributed by atoms with van der Waals surface area (Å²) in [6.07, 6.45) is 1.70. The van der Waals surface area contributed by atoms with Crippen LogP contribution in [-0.2, 0) is 22.6 Å². The molecule has 3 aliphatic carbocycles. The van der Waals surface area contributed by atoms with Crippen LogP contribution in [-0.4, -0.2) is 73.5 Å². The minimum Gasteiger partial charge on any atom is -0.393 e. The fourth-order valence-electron chi connectivity index (χ4n) is 9.09. The highest BCUT2D eigenvalue weighted by atomic mass is 16.7. The number of hydrogen-bond acceptors (Lipinski definition) is 7. The second-order valence-electron chi connectivity index (χ2n) is 16.0. The largest absolute Gasteiger partial charge is 0.393 e. The lowest BCUT2D eigenvalue weighted by atomic mass is 9.45. The van der Waals surface area contributed by atoms with E-state index >= 15 is 0 Å². The molecule has 9 nitrogen and oxygen atoms in total. The van der Waals surface area contributed by atoms with Crippen molar-refractivity contribution in [1.82, 2.24) is 15.7 Å². The molecule has 1 saturated heterocycles. The van der Waals surface area contributed by atoms with Crippen LogP contribution >= 0.6 is 0 Å². The first-order valence-corrected chi connectivity index (χ1v) is 18.7. The Bertz CT molecular complexity index is 1710. The smallest absolute Gasteiger partial charge is 0.251 e. The second kappa shape index (κ2) is 15.1. The summed E-state index contributed by atoms with van der Waals surface area (Å²) < 4.78 is 0. The molecule has 8 atom stereocenters. The number of aliphatic hydroxyl groups excluding tert-OH is 1. The van der Waals surface area contributed by atoms with Crippen molar-refractivity contribution in [3.8, 4) is 11.1 Å². The van der Waals surface area contributed by atoms with Gasteiger partial charge in [0.25, 0.3) is 5.91 Å². The van der Waals surface area contributed by atoms with E-state index < -0.39 is 24.2 Å². The van der Waals surface area contributed by atoms with Gasteiger partial charge in [0.2, 0.25) is 5.91 Å². The normalized spacial score (nSPS) is 27.4. The number of carbonyl (C=O) groups is 2. The molecule has 5 N–H and O–H groups in total. The molecule has 4 aliphatic rings. The maximum Gasteiger partial charge on any atom is 0.251 e. The Kier molecular flexibility index (Phi) is 10.9. The monoisotopic (exact) mass is 695 g/mol. The lowest BCUT2D eigenvalue weighted by Crippen LogP contribution is -2.62. The van der Waals surface area contributed by atoms with Crippen LogP contribution in [0.15, 0.2) is 66.7 Å². The molecule has 1 heterocycles. The van der Waals surface area contributed by atoms with E-state index in [4.69, 9.17) is 10.6 Å². The molecule has 0 spiro atoms. The molecule has 0 radical (unpaired) electrons. The summed E-state index contributed by atoms with van der Waals surface area (Å²) >= 11 is 0. The molecule has 0 unspecified atom stereocenters. The van der Waals surface area contributed by atoms with E-state index in [0.29, 0.717) is 41.8 Å². The molecule has 51 heavy (non-hydrogen) atoms. The maximum atomic E-state index is 14.2. The van der Waals surface area contributed by atoms with Crippen molar-refractivity contribution >= 4 is 17.5 Å². The summed E-state index contributed by atoms with van der Waals surface area (Å²) in [5.74, 6) is 0.897. The zero-order chi connectivity index (χ0) is 36.6. The van der Waals surface area contributed by atoms with E-state index in [2.05, 4.69) is 68.7 Å². The summed E-state index contributed by atoms with van der Waals surface area (Å²) in [6.45, 7) is 11.9. The van der Waals surface area contributed by atoms with Crippen molar-refractivity contribution in [2.24, 2.45) is 34.8 Å². The van der Waals surface area contributed by atoms with Crippen LogP contribution in [0.2, 0.25) is 0 Å². The molecule has 0 aromatic heterocycles. The van der Waals surface area contributed by atoms with Crippen LogP contribution in [0.25, 0.3) is 11.1 Å². The van der Waals surface area contributed by atoms with Crippen molar-refractivity contribution in [2.45, 2.75) is 84.7 Å². The predicted octanol–water partition coefficient (Wildman–Crippen LogP) is 5.33. The van der Waals surface area contributed by atoms with E-state index in [1.165, 1.54) is 12.0 Å². The highest BCUT2D eigenvalue weighted by molar-refractivity contribution is 5.97. The number of nitrogens with one attached hydrogen (secondary N) is 2. The molecular weight excluding hydrogens is 638 g/mol. The van der Waals surface area contributed by atoms with Crippen molar-refractivity contribution in [3.05, 3.63) is 89.0 Å². The van der Waals surface area contributed by atoms with Gasteiger partial charge in [0, 0.05) is 50.4 Å². The molecule has 2 bridgehead atoms.